The highest BCUT2D eigenvalue weighted by Crippen LogP contribution is 2.40. The fraction of sp³-hybridized carbons (Fsp3) is 0.140. The zero-order chi connectivity index (χ0) is 91.3. The maximum atomic E-state index is 14.1. The smallest absolute Gasteiger partial charge is 0.185 e. The van der Waals surface area contributed by atoms with Gasteiger partial charge in [0.25, 0.3) is 0 Å². The molecule has 0 atom stereocenters. The first-order valence-electron chi connectivity index (χ1n) is 39.0. The van der Waals surface area contributed by atoms with E-state index in [0.29, 0.717) is 73.9 Å². The zero-order valence-corrected chi connectivity index (χ0v) is 67.3. The summed E-state index contributed by atoms with van der Waals surface area (Å²) in [5.41, 5.74) is 4.58. The van der Waals surface area contributed by atoms with Crippen LogP contribution in [0.4, 0.5) is 43.9 Å². The molecule has 0 radical (unpaired) electrons. The molecule has 0 amide bonds. The summed E-state index contributed by atoms with van der Waals surface area (Å²) in [5, 5.41) is 85.9. The Labute approximate surface area is 717 Å². The molecule has 648 valence electrons. The Morgan fingerprint density at radius 3 is 0.857 bits per heavy atom. The number of ketones is 6. The Hall–Kier alpha value is -14.9. The molecule has 0 unspecified atom stereocenters. The first-order chi connectivity index (χ1) is 60.1. The van der Waals surface area contributed by atoms with Crippen LogP contribution in [0.15, 0.2) is 241 Å². The molecule has 0 spiro atoms. The number of allylic oxidation sites excluding steroid dienone is 8. The number of phenolic OH excluding ortho intramolecular Hbond substituents is 9. The molecule has 2 saturated carbocycles. The summed E-state index contributed by atoms with van der Waals surface area (Å²) in [6, 6.07) is 38.0. The van der Waals surface area contributed by atoms with Gasteiger partial charge in [0.2, 0.25) is 0 Å². The number of aryl methyl sites for hydroxylation is 1. The first-order valence-corrected chi connectivity index (χ1v) is 39.0. The average Bonchev–Trinajstić information content (AvgIpc) is 0.792. The number of hydrogen-bond acceptors (Lipinski definition) is 16. The Bertz CT molecular complexity index is 5720. The van der Waals surface area contributed by atoms with Crippen LogP contribution in [0, 0.1) is 70.5 Å². The lowest BCUT2D eigenvalue weighted by molar-refractivity contribution is -0.137. The van der Waals surface area contributed by atoms with Gasteiger partial charge in [-0.3, -0.25) is 28.8 Å². The Morgan fingerprint density at radius 1 is 0.317 bits per heavy atom. The van der Waals surface area contributed by atoms with E-state index in [9.17, 15) is 98.2 Å². The number of aromatic hydroxyl groups is 9. The Morgan fingerprint density at radius 2 is 0.571 bits per heavy atom. The van der Waals surface area contributed by atoms with Gasteiger partial charge in [-0.05, 0) is 251 Å². The maximum absolute atomic E-state index is 14.1. The molecule has 0 aromatic heterocycles. The van der Waals surface area contributed by atoms with Crippen molar-refractivity contribution in [2.45, 2.75) is 71.1 Å². The molecule has 3 fully saturated rings. The molecule has 10 aromatic carbocycles. The highest BCUT2D eigenvalue weighted by atomic mass is 19.2. The number of Topliss-reactive ketones (excluding diaryl/α,β-unsaturated/α-hetero) is 1. The lowest BCUT2D eigenvalue weighted by Gasteiger charge is -2.32. The third-order valence-corrected chi connectivity index (χ3v) is 19.6. The minimum atomic E-state index is -1.21. The molecule has 1 aliphatic heterocycles. The standard InChI is InChI=1S/C25H24F2O3.C20H16F2O3.C19H17F2NO2.C19H14F2O4.C17H12F2O3/c1-17-5-6-18(21(26)15-17)8-11-23(29)25(13-3-2-4-14-25)24(30)12-9-19-7-10-20(28)16-22(19)27;21-18-10-16(23)6-4-12(18)8-14-2-1-3-15(20(14)25)9-13-5-7-17(24)11-19(13)22;20-18-8-16(23)3-1-14(18)6-12-5-13(11-22-10-12)7-15-2-4-17(24)9-19(15)21;20-18-10-16(24)7-3-12(18)1-5-14(22)9-15(23)6-2-13-4-8-17(25)11-19(13)21;18-16-9-14(21)7-3-11(16)1-5-13(20)6-2-12-4-8-15(22)10-17(12)19/h5-12,15-16,28H,2-4,13-14H2,1H3;4-11,23-24H,1-3H2;1-4,6-9,22-24H,5,10-11H2;1-8,10-11,24-25H,9H2;1-10,21-22H/b11-8+,12-9+;14-8+,15-9+;12-6-,13-7-;2*5-1+,6-2+. The van der Waals surface area contributed by atoms with Crippen LogP contribution in [0.3, 0.4) is 0 Å². The highest BCUT2D eigenvalue weighted by molar-refractivity contribution is 6.18. The number of piperidine rings is 1. The largest absolute Gasteiger partial charge is 0.508 e. The molecule has 2 aliphatic carbocycles. The number of phenols is 9. The fourth-order valence-corrected chi connectivity index (χ4v) is 13.0. The SMILES string of the molecule is Cc1ccc(/C=C/C(=O)C2(C(=O)/C=C/c3ccc(O)cc3F)CCCCC2)c(F)c1.O=C(/C=C/c1ccc(O)cc1F)/C=C/c1ccc(O)cc1F.O=C(/C=C/c1ccc(O)cc1F)CC(=O)/C=C/c1ccc(O)cc1F.O=C1/C(=C/c2ccc(O)cc2F)CCC/C1=C\c1ccc(O)cc1F.Oc1ccc(/C=C2\CNC/C(=C\c3ccc(O)cc3F)C2)c(F)c1. The summed E-state index contributed by atoms with van der Waals surface area (Å²) in [6.45, 7) is 3.02. The van der Waals surface area contributed by atoms with Crippen molar-refractivity contribution in [1.82, 2.24) is 5.32 Å². The molecule has 126 heavy (non-hydrogen) atoms. The zero-order valence-electron chi connectivity index (χ0n) is 67.3. The van der Waals surface area contributed by atoms with Crippen LogP contribution in [-0.2, 0) is 28.8 Å². The number of benzene rings is 10. The van der Waals surface area contributed by atoms with Crippen LogP contribution in [-0.4, -0.2) is 93.7 Å². The summed E-state index contributed by atoms with van der Waals surface area (Å²) in [7, 11) is 0. The second-order valence-corrected chi connectivity index (χ2v) is 29.2. The molecular weight excluding hydrogens is 1650 g/mol. The number of carbonyl (C=O) groups excluding carboxylic acids is 6. The van der Waals surface area contributed by atoms with Crippen molar-refractivity contribution >= 4 is 95.5 Å². The number of hydrogen-bond donors (Lipinski definition) is 10. The van der Waals surface area contributed by atoms with Gasteiger partial charge < -0.3 is 51.3 Å². The predicted octanol–water partition coefficient (Wildman–Crippen LogP) is 21.5. The van der Waals surface area contributed by atoms with E-state index in [4.69, 9.17) is 20.4 Å². The number of rotatable bonds is 20. The second kappa shape index (κ2) is 45.3. The predicted molar refractivity (Wildman–Crippen MR) is 461 cm³/mol. The van der Waals surface area contributed by atoms with Crippen molar-refractivity contribution in [3.8, 4) is 51.7 Å². The van der Waals surface area contributed by atoms with Gasteiger partial charge in [0.15, 0.2) is 34.7 Å². The summed E-state index contributed by atoms with van der Waals surface area (Å²) in [6.07, 6.45) is 26.1. The Kier molecular flexibility index (Phi) is 34.1. The quantitative estimate of drug-likeness (QED) is 0.0193. The summed E-state index contributed by atoms with van der Waals surface area (Å²) < 4.78 is 137. The van der Waals surface area contributed by atoms with E-state index in [1.165, 1.54) is 176 Å². The minimum absolute atomic E-state index is 0.0975. The van der Waals surface area contributed by atoms with E-state index in [-0.39, 0.29) is 114 Å². The molecule has 26 heteroatoms. The molecule has 16 nitrogen and oxygen atoms in total. The van der Waals surface area contributed by atoms with E-state index >= 15 is 0 Å². The molecular formula is C100H83F10NO15. The normalized spacial score (nSPS) is 15.2. The van der Waals surface area contributed by atoms with Crippen molar-refractivity contribution in [2.24, 2.45) is 5.41 Å². The molecule has 1 heterocycles. The molecule has 3 aliphatic rings. The van der Waals surface area contributed by atoms with Gasteiger partial charge >= 0.3 is 0 Å². The number of nitrogens with one attached hydrogen (secondary N) is 1. The molecule has 13 rings (SSSR count). The van der Waals surface area contributed by atoms with Gasteiger partial charge in [0.1, 0.15) is 110 Å². The van der Waals surface area contributed by atoms with Gasteiger partial charge in [0, 0.05) is 134 Å². The lowest BCUT2D eigenvalue weighted by Crippen LogP contribution is -2.39. The number of halogens is 10. The van der Waals surface area contributed by atoms with Gasteiger partial charge in [-0.2, -0.15) is 0 Å². The van der Waals surface area contributed by atoms with Crippen molar-refractivity contribution in [1.29, 1.82) is 0 Å². The molecule has 0 bridgehead atoms. The lowest BCUT2D eigenvalue weighted by atomic mass is 9.68. The van der Waals surface area contributed by atoms with E-state index in [2.05, 4.69) is 5.32 Å². The van der Waals surface area contributed by atoms with Gasteiger partial charge in [-0.25, -0.2) is 43.9 Å². The van der Waals surface area contributed by atoms with Crippen molar-refractivity contribution < 1.29 is 119 Å². The maximum Gasteiger partial charge on any atom is 0.185 e. The van der Waals surface area contributed by atoms with E-state index in [1.54, 1.807) is 31.2 Å². The van der Waals surface area contributed by atoms with Crippen LogP contribution in [0.25, 0.3) is 60.8 Å². The van der Waals surface area contributed by atoms with Gasteiger partial charge in [-0.15, -0.1) is 0 Å². The third kappa shape index (κ3) is 28.6. The average molecular weight is 1730 g/mol. The van der Waals surface area contributed by atoms with Crippen molar-refractivity contribution in [3.63, 3.8) is 0 Å². The highest BCUT2D eigenvalue weighted by Gasteiger charge is 2.43. The minimum Gasteiger partial charge on any atom is -0.508 e. The van der Waals surface area contributed by atoms with Crippen LogP contribution >= 0.6 is 0 Å². The molecule has 1 saturated heterocycles. The van der Waals surface area contributed by atoms with Crippen molar-refractivity contribution in [3.05, 3.63) is 360 Å². The van der Waals surface area contributed by atoms with Crippen LogP contribution in [0.5, 0.6) is 51.7 Å². The second-order valence-electron chi connectivity index (χ2n) is 29.2. The fourth-order valence-electron chi connectivity index (χ4n) is 13.0. The monoisotopic (exact) mass is 1730 g/mol. The van der Waals surface area contributed by atoms with E-state index < -0.39 is 87.4 Å². The van der Waals surface area contributed by atoms with Crippen molar-refractivity contribution in [2.75, 3.05) is 13.1 Å². The van der Waals surface area contributed by atoms with E-state index in [0.717, 1.165) is 115 Å². The van der Waals surface area contributed by atoms with Crippen LogP contribution in [0.2, 0.25) is 0 Å². The third-order valence-electron chi connectivity index (χ3n) is 19.6. The van der Waals surface area contributed by atoms with Crippen LogP contribution in [0.1, 0.15) is 125 Å². The van der Waals surface area contributed by atoms with Gasteiger partial charge in [-0.1, -0.05) is 54.7 Å². The first kappa shape index (κ1) is 94.9. The summed E-state index contributed by atoms with van der Waals surface area (Å²) in [5.74, 6) is -10.2. The summed E-state index contributed by atoms with van der Waals surface area (Å²) in [4.78, 5) is 73.8. The topological polar surface area (TPSA) is 297 Å². The molecule has 10 N–H and O–H groups in total. The summed E-state index contributed by atoms with van der Waals surface area (Å²) >= 11 is 0. The molecule has 10 aromatic rings. The number of carbonyl (C=O) groups is 6. The van der Waals surface area contributed by atoms with E-state index in [1.807, 2.05) is 0 Å². The van der Waals surface area contributed by atoms with Gasteiger partial charge in [0.05, 0.1) is 11.8 Å². The Balaban J connectivity index is 0.000000179. The van der Waals surface area contributed by atoms with Crippen LogP contribution < -0.4 is 5.32 Å².